The SMILES string of the molecule is CC1CN(C)CCCN1c1ccc(S(C)(=O)=O)cc1N. The minimum Gasteiger partial charge on any atom is -0.397 e. The number of anilines is 2. The number of hydrogen-bond donors (Lipinski definition) is 1. The molecule has 112 valence electrons. The molecule has 0 spiro atoms. The number of sulfone groups is 1. The van der Waals surface area contributed by atoms with Crippen molar-refractivity contribution in [3.8, 4) is 0 Å². The van der Waals surface area contributed by atoms with Gasteiger partial charge in [0, 0.05) is 25.4 Å². The van der Waals surface area contributed by atoms with Crippen molar-refractivity contribution in [3.05, 3.63) is 18.2 Å². The third-order valence-electron chi connectivity index (χ3n) is 3.78. The number of nitrogens with zero attached hydrogens (tertiary/aromatic N) is 2. The van der Waals surface area contributed by atoms with E-state index in [1.165, 1.54) is 6.26 Å². The van der Waals surface area contributed by atoms with Crippen molar-refractivity contribution in [2.45, 2.75) is 24.3 Å². The molecule has 0 amide bonds. The van der Waals surface area contributed by atoms with Gasteiger partial charge in [-0.15, -0.1) is 0 Å². The summed E-state index contributed by atoms with van der Waals surface area (Å²) in [5.41, 5.74) is 7.54. The molecule has 0 aromatic heterocycles. The quantitative estimate of drug-likeness (QED) is 0.831. The molecule has 20 heavy (non-hydrogen) atoms. The highest BCUT2D eigenvalue weighted by Crippen LogP contribution is 2.29. The molecular formula is C14H23N3O2S. The Bertz CT molecular complexity index is 586. The molecule has 5 nitrogen and oxygen atoms in total. The molecule has 1 aliphatic rings. The van der Waals surface area contributed by atoms with Crippen LogP contribution >= 0.6 is 0 Å². The first-order chi connectivity index (χ1) is 9.29. The van der Waals surface area contributed by atoms with E-state index in [0.29, 0.717) is 11.7 Å². The van der Waals surface area contributed by atoms with Crippen LogP contribution in [0.15, 0.2) is 23.1 Å². The van der Waals surface area contributed by atoms with Crippen molar-refractivity contribution in [1.82, 2.24) is 4.90 Å². The van der Waals surface area contributed by atoms with Crippen LogP contribution in [0.2, 0.25) is 0 Å². The maximum atomic E-state index is 11.6. The first-order valence-corrected chi connectivity index (χ1v) is 8.73. The standard InChI is InChI=1S/C14H23N3O2S/c1-11-10-16(2)7-4-8-17(11)14-6-5-12(9-13(14)15)20(3,18)19/h5-6,9,11H,4,7-8,10,15H2,1-3H3. The average molecular weight is 297 g/mol. The molecule has 0 aliphatic carbocycles. The van der Waals surface area contributed by atoms with Gasteiger partial charge in [0.15, 0.2) is 9.84 Å². The van der Waals surface area contributed by atoms with Gasteiger partial charge < -0.3 is 15.5 Å². The molecule has 1 heterocycles. The van der Waals surface area contributed by atoms with Crippen molar-refractivity contribution < 1.29 is 8.42 Å². The molecule has 2 N–H and O–H groups in total. The zero-order valence-electron chi connectivity index (χ0n) is 12.3. The smallest absolute Gasteiger partial charge is 0.175 e. The normalized spacial score (nSPS) is 21.8. The number of hydrogen-bond acceptors (Lipinski definition) is 5. The van der Waals surface area contributed by atoms with Gasteiger partial charge in [-0.25, -0.2) is 8.42 Å². The van der Waals surface area contributed by atoms with Gasteiger partial charge in [-0.2, -0.15) is 0 Å². The highest BCUT2D eigenvalue weighted by Gasteiger charge is 2.22. The molecule has 1 atom stereocenters. The van der Waals surface area contributed by atoms with E-state index in [1.54, 1.807) is 12.1 Å². The van der Waals surface area contributed by atoms with Crippen molar-refractivity contribution in [2.24, 2.45) is 0 Å². The third-order valence-corrected chi connectivity index (χ3v) is 4.89. The van der Waals surface area contributed by atoms with Gasteiger partial charge in [-0.1, -0.05) is 0 Å². The molecule has 1 aromatic rings. The molecule has 0 radical (unpaired) electrons. The topological polar surface area (TPSA) is 66.6 Å². The number of likely N-dealkylation sites (N-methyl/N-ethyl adjacent to an activating group) is 1. The lowest BCUT2D eigenvalue weighted by molar-refractivity contribution is 0.337. The van der Waals surface area contributed by atoms with Crippen LogP contribution in [0, 0.1) is 0 Å². The second-order valence-electron chi connectivity index (χ2n) is 5.65. The van der Waals surface area contributed by atoms with Crippen LogP contribution < -0.4 is 10.6 Å². The highest BCUT2D eigenvalue weighted by atomic mass is 32.2. The number of rotatable bonds is 2. The predicted molar refractivity (Wildman–Crippen MR) is 82.9 cm³/mol. The Balaban J connectivity index is 2.33. The van der Waals surface area contributed by atoms with Gasteiger partial charge in [-0.3, -0.25) is 0 Å². The Morgan fingerprint density at radius 1 is 1.30 bits per heavy atom. The summed E-state index contributed by atoms with van der Waals surface area (Å²) in [6, 6.07) is 5.39. The van der Waals surface area contributed by atoms with Crippen LogP contribution in [-0.4, -0.2) is 52.3 Å². The minimum atomic E-state index is -3.21. The molecule has 1 fully saturated rings. The summed E-state index contributed by atoms with van der Waals surface area (Å²) in [4.78, 5) is 4.86. The van der Waals surface area contributed by atoms with Crippen molar-refractivity contribution in [3.63, 3.8) is 0 Å². The van der Waals surface area contributed by atoms with Crippen LogP contribution in [0.1, 0.15) is 13.3 Å². The second-order valence-corrected chi connectivity index (χ2v) is 7.67. The van der Waals surface area contributed by atoms with Crippen molar-refractivity contribution in [2.75, 3.05) is 43.6 Å². The maximum Gasteiger partial charge on any atom is 0.175 e. The van der Waals surface area contributed by atoms with Gasteiger partial charge in [0.05, 0.1) is 16.3 Å². The van der Waals surface area contributed by atoms with E-state index < -0.39 is 9.84 Å². The highest BCUT2D eigenvalue weighted by molar-refractivity contribution is 7.90. The largest absolute Gasteiger partial charge is 0.397 e. The summed E-state index contributed by atoms with van der Waals surface area (Å²) in [5, 5.41) is 0. The van der Waals surface area contributed by atoms with Gasteiger partial charge in [0.1, 0.15) is 0 Å². The van der Waals surface area contributed by atoms with Crippen molar-refractivity contribution >= 4 is 21.2 Å². The van der Waals surface area contributed by atoms with Crippen LogP contribution in [0.4, 0.5) is 11.4 Å². The van der Waals surface area contributed by atoms with E-state index in [0.717, 1.165) is 31.7 Å². The molecule has 1 aliphatic heterocycles. The molecule has 1 unspecified atom stereocenters. The summed E-state index contributed by atoms with van der Waals surface area (Å²) in [7, 11) is -1.09. The Morgan fingerprint density at radius 3 is 2.60 bits per heavy atom. The number of nitrogen functional groups attached to an aromatic ring is 1. The molecule has 1 aromatic carbocycles. The fourth-order valence-corrected chi connectivity index (χ4v) is 3.41. The van der Waals surface area contributed by atoms with E-state index in [2.05, 4.69) is 23.8 Å². The van der Waals surface area contributed by atoms with Crippen LogP contribution in [0.25, 0.3) is 0 Å². The number of benzene rings is 1. The van der Waals surface area contributed by atoms with Gasteiger partial charge >= 0.3 is 0 Å². The first kappa shape index (κ1) is 15.1. The van der Waals surface area contributed by atoms with E-state index in [1.807, 2.05) is 6.07 Å². The third kappa shape index (κ3) is 3.24. The molecule has 2 rings (SSSR count). The molecular weight excluding hydrogens is 274 g/mol. The fourth-order valence-electron chi connectivity index (χ4n) is 2.75. The molecule has 0 saturated carbocycles. The monoisotopic (exact) mass is 297 g/mol. The lowest BCUT2D eigenvalue weighted by Gasteiger charge is -2.31. The lowest BCUT2D eigenvalue weighted by Crippen LogP contribution is -2.38. The Hall–Kier alpha value is -1.27. The van der Waals surface area contributed by atoms with Crippen LogP contribution in [-0.2, 0) is 9.84 Å². The first-order valence-electron chi connectivity index (χ1n) is 6.84. The summed E-state index contributed by atoms with van der Waals surface area (Å²) in [6.45, 7) is 5.16. The lowest BCUT2D eigenvalue weighted by atomic mass is 10.2. The van der Waals surface area contributed by atoms with E-state index in [-0.39, 0.29) is 4.90 Å². The summed E-state index contributed by atoms with van der Waals surface area (Å²) < 4.78 is 23.1. The second kappa shape index (κ2) is 5.61. The predicted octanol–water partition coefficient (Wildman–Crippen LogP) is 1.20. The average Bonchev–Trinajstić information content (AvgIpc) is 2.49. The maximum absolute atomic E-state index is 11.6. The van der Waals surface area contributed by atoms with Gasteiger partial charge in [-0.05, 0) is 45.1 Å². The molecule has 0 bridgehead atoms. The Morgan fingerprint density at radius 2 is 2.00 bits per heavy atom. The molecule has 6 heteroatoms. The minimum absolute atomic E-state index is 0.276. The van der Waals surface area contributed by atoms with E-state index in [9.17, 15) is 8.42 Å². The fraction of sp³-hybridized carbons (Fsp3) is 0.571. The summed E-state index contributed by atoms with van der Waals surface area (Å²) in [5.74, 6) is 0. The van der Waals surface area contributed by atoms with Crippen LogP contribution in [0.5, 0.6) is 0 Å². The van der Waals surface area contributed by atoms with E-state index >= 15 is 0 Å². The van der Waals surface area contributed by atoms with Crippen molar-refractivity contribution in [1.29, 1.82) is 0 Å². The zero-order valence-corrected chi connectivity index (χ0v) is 13.2. The number of nitrogens with two attached hydrogens (primary N) is 1. The Kier molecular flexibility index (Phi) is 4.25. The van der Waals surface area contributed by atoms with Gasteiger partial charge in [0.25, 0.3) is 0 Å². The van der Waals surface area contributed by atoms with Crippen LogP contribution in [0.3, 0.4) is 0 Å². The molecule has 1 saturated heterocycles. The summed E-state index contributed by atoms with van der Waals surface area (Å²) >= 11 is 0. The van der Waals surface area contributed by atoms with E-state index in [4.69, 9.17) is 5.73 Å². The zero-order chi connectivity index (χ0) is 14.9. The van der Waals surface area contributed by atoms with Gasteiger partial charge in [0.2, 0.25) is 0 Å². The summed E-state index contributed by atoms with van der Waals surface area (Å²) in [6.07, 6.45) is 2.28. The Labute approximate surface area is 121 Å².